The molecule has 0 spiro atoms. The van der Waals surface area contributed by atoms with Crippen molar-refractivity contribution >= 4 is 5.82 Å². The second-order valence-electron chi connectivity index (χ2n) is 2.36. The first kappa shape index (κ1) is 7.65. The summed E-state index contributed by atoms with van der Waals surface area (Å²) in [5, 5.41) is 13.5. The highest BCUT2D eigenvalue weighted by molar-refractivity contribution is 5.37. The Kier molecular flexibility index (Phi) is 1.85. The smallest absolute Gasteiger partial charge is 0.380 e. The molecule has 0 N–H and O–H groups in total. The van der Waals surface area contributed by atoms with Crippen molar-refractivity contribution in [1.29, 1.82) is 0 Å². The largest absolute Gasteiger partial charge is 0.710 e. The highest BCUT2D eigenvalue weighted by Gasteiger charge is 2.11. The van der Waals surface area contributed by atoms with Crippen molar-refractivity contribution in [2.24, 2.45) is 5.18 Å². The van der Waals surface area contributed by atoms with E-state index in [1.54, 1.807) is 13.0 Å². The second-order valence-corrected chi connectivity index (χ2v) is 2.36. The average molecular weight is 152 g/mol. The molecule has 0 atom stereocenters. The van der Waals surface area contributed by atoms with E-state index >= 15 is 0 Å². The van der Waals surface area contributed by atoms with Crippen LogP contribution in [0.3, 0.4) is 0 Å². The van der Waals surface area contributed by atoms with Gasteiger partial charge in [0, 0.05) is 0 Å². The van der Waals surface area contributed by atoms with Gasteiger partial charge in [0.25, 0.3) is 0 Å². The van der Waals surface area contributed by atoms with Crippen LogP contribution >= 0.6 is 0 Å². The highest BCUT2D eigenvalue weighted by atomic mass is 16.5. The van der Waals surface area contributed by atoms with Crippen LogP contribution in [0.4, 0.5) is 5.82 Å². The molecule has 0 fully saturated rings. The number of rotatable bonds is 1. The minimum atomic E-state index is -0.0509. The maximum atomic E-state index is 10.8. The monoisotopic (exact) mass is 152 g/mol. The number of hydrogen-bond acceptors (Lipinski definition) is 3. The summed E-state index contributed by atoms with van der Waals surface area (Å²) in [5.74, 6) is -0.0509. The Morgan fingerprint density at radius 2 is 2.18 bits per heavy atom. The normalized spacial score (nSPS) is 9.64. The number of nitrogens with zero attached hydrogens (tertiary/aromatic N) is 2. The Morgan fingerprint density at radius 1 is 1.55 bits per heavy atom. The molecular formula is C7H8N2O2. The summed E-state index contributed by atoms with van der Waals surface area (Å²) in [5.41, 5.74) is 1.53. The van der Waals surface area contributed by atoms with E-state index in [-0.39, 0.29) is 5.82 Å². The molecule has 0 aliphatic rings. The number of nitroso groups, excluding NO2 is 1. The molecule has 0 saturated heterocycles. The number of hydrogen-bond donors (Lipinski definition) is 0. The molecule has 1 aromatic heterocycles. The molecule has 58 valence electrons. The summed E-state index contributed by atoms with van der Waals surface area (Å²) in [6.45, 7) is 3.52. The molecule has 0 aromatic carbocycles. The molecule has 1 rings (SSSR count). The van der Waals surface area contributed by atoms with Gasteiger partial charge in [-0.1, -0.05) is 0 Å². The van der Waals surface area contributed by atoms with Crippen LogP contribution in [0.25, 0.3) is 0 Å². The zero-order valence-electron chi connectivity index (χ0n) is 6.37. The Hall–Kier alpha value is -1.45. The van der Waals surface area contributed by atoms with Crippen LogP contribution in [-0.2, 0) is 0 Å². The third-order valence-electron chi connectivity index (χ3n) is 1.68. The van der Waals surface area contributed by atoms with Crippen molar-refractivity contribution in [2.75, 3.05) is 0 Å². The van der Waals surface area contributed by atoms with E-state index in [0.717, 1.165) is 5.56 Å². The van der Waals surface area contributed by atoms with Gasteiger partial charge in [0.15, 0.2) is 0 Å². The van der Waals surface area contributed by atoms with Crippen molar-refractivity contribution < 1.29 is 4.73 Å². The van der Waals surface area contributed by atoms with Crippen LogP contribution in [0.2, 0.25) is 0 Å². The van der Waals surface area contributed by atoms with Crippen LogP contribution in [0.1, 0.15) is 11.1 Å². The molecule has 1 aromatic rings. The predicted molar refractivity (Wildman–Crippen MR) is 40.3 cm³/mol. The molecule has 0 radical (unpaired) electrons. The summed E-state index contributed by atoms with van der Waals surface area (Å²) < 4.78 is 0.468. The zero-order valence-corrected chi connectivity index (χ0v) is 6.37. The van der Waals surface area contributed by atoms with Crippen LogP contribution in [0, 0.1) is 24.0 Å². The van der Waals surface area contributed by atoms with Gasteiger partial charge in [0.05, 0.1) is 11.8 Å². The summed E-state index contributed by atoms with van der Waals surface area (Å²) in [7, 11) is 0. The first-order valence-corrected chi connectivity index (χ1v) is 3.19. The van der Waals surface area contributed by atoms with Crippen molar-refractivity contribution in [3.8, 4) is 0 Å². The topological polar surface area (TPSA) is 56.4 Å². The van der Waals surface area contributed by atoms with E-state index < -0.39 is 0 Å². The van der Waals surface area contributed by atoms with Crippen LogP contribution < -0.4 is 4.73 Å². The molecule has 0 bridgehead atoms. The fourth-order valence-electron chi connectivity index (χ4n) is 0.825. The summed E-state index contributed by atoms with van der Waals surface area (Å²) in [6, 6.07) is 1.65. The fraction of sp³-hybridized carbons (Fsp3) is 0.286. The van der Waals surface area contributed by atoms with Gasteiger partial charge >= 0.3 is 5.82 Å². The van der Waals surface area contributed by atoms with Gasteiger partial charge < -0.3 is 5.21 Å². The predicted octanol–water partition coefficient (Wildman–Crippen LogP) is 1.33. The van der Waals surface area contributed by atoms with E-state index in [4.69, 9.17) is 0 Å². The van der Waals surface area contributed by atoms with Gasteiger partial charge in [-0.3, -0.25) is 0 Å². The zero-order chi connectivity index (χ0) is 8.43. The average Bonchev–Trinajstić information content (AvgIpc) is 1.99. The maximum absolute atomic E-state index is 10.8. The fourth-order valence-corrected chi connectivity index (χ4v) is 0.825. The molecule has 0 unspecified atom stereocenters. The lowest BCUT2D eigenvalue weighted by molar-refractivity contribution is -0.592. The molecule has 4 heteroatoms. The SMILES string of the molecule is Cc1cc[n+]([O-])c(N=O)c1C. The second kappa shape index (κ2) is 2.65. The van der Waals surface area contributed by atoms with Crippen LogP contribution in [0.5, 0.6) is 0 Å². The molecule has 4 nitrogen and oxygen atoms in total. The van der Waals surface area contributed by atoms with Crippen molar-refractivity contribution in [2.45, 2.75) is 13.8 Å². The number of aromatic nitrogens is 1. The van der Waals surface area contributed by atoms with Crippen molar-refractivity contribution in [3.63, 3.8) is 0 Å². The Labute approximate surface area is 64.0 Å². The van der Waals surface area contributed by atoms with Crippen LogP contribution in [-0.4, -0.2) is 0 Å². The number of pyridine rings is 1. The van der Waals surface area contributed by atoms with Gasteiger partial charge in [-0.2, -0.15) is 0 Å². The van der Waals surface area contributed by atoms with Crippen LogP contribution in [0.15, 0.2) is 17.4 Å². The van der Waals surface area contributed by atoms with Gasteiger partial charge in [-0.05, 0) is 30.4 Å². The van der Waals surface area contributed by atoms with E-state index in [1.807, 2.05) is 6.92 Å². The maximum Gasteiger partial charge on any atom is 0.380 e. The lowest BCUT2D eigenvalue weighted by Crippen LogP contribution is -2.26. The van der Waals surface area contributed by atoms with Crippen molar-refractivity contribution in [1.82, 2.24) is 0 Å². The van der Waals surface area contributed by atoms with Gasteiger partial charge in [-0.15, -0.1) is 0 Å². The summed E-state index contributed by atoms with van der Waals surface area (Å²) in [4.78, 5) is 10.1. The first-order valence-electron chi connectivity index (χ1n) is 3.19. The highest BCUT2D eigenvalue weighted by Crippen LogP contribution is 2.14. The Morgan fingerprint density at radius 3 is 2.64 bits per heavy atom. The van der Waals surface area contributed by atoms with E-state index in [2.05, 4.69) is 5.18 Å². The van der Waals surface area contributed by atoms with Gasteiger partial charge in [-0.25, -0.2) is 4.73 Å². The first-order chi connectivity index (χ1) is 5.16. The lowest BCUT2D eigenvalue weighted by atomic mass is 10.2. The standard InChI is InChI=1S/C7H8N2O2/c1-5-3-4-9(11)7(8-10)6(5)2/h3-4H,1-2H3. The summed E-state index contributed by atoms with van der Waals surface area (Å²) in [6.07, 6.45) is 1.28. The van der Waals surface area contributed by atoms with Gasteiger partial charge in [0.2, 0.25) is 5.18 Å². The molecule has 11 heavy (non-hydrogen) atoms. The van der Waals surface area contributed by atoms with Gasteiger partial charge in [0.1, 0.15) is 0 Å². The van der Waals surface area contributed by atoms with E-state index in [9.17, 15) is 10.1 Å². The quantitative estimate of drug-likeness (QED) is 0.346. The minimum absolute atomic E-state index is 0.0509. The molecule has 0 aliphatic heterocycles. The molecule has 0 amide bonds. The third-order valence-corrected chi connectivity index (χ3v) is 1.68. The number of aryl methyl sites for hydroxylation is 1. The molecule has 1 heterocycles. The Bertz CT molecular complexity index is 297. The molecule has 0 aliphatic carbocycles. The summed E-state index contributed by atoms with van der Waals surface area (Å²) >= 11 is 0. The molecular weight excluding hydrogens is 144 g/mol. The van der Waals surface area contributed by atoms with E-state index in [1.165, 1.54) is 6.20 Å². The lowest BCUT2D eigenvalue weighted by Gasteiger charge is -2.04. The minimum Gasteiger partial charge on any atom is -0.710 e. The third kappa shape index (κ3) is 1.19. The molecule has 0 saturated carbocycles. The Balaban J connectivity index is 3.40. The van der Waals surface area contributed by atoms with Crippen molar-refractivity contribution in [3.05, 3.63) is 33.5 Å². The van der Waals surface area contributed by atoms with E-state index in [0.29, 0.717) is 10.3 Å².